The van der Waals surface area contributed by atoms with Crippen molar-refractivity contribution in [1.29, 1.82) is 0 Å². The number of benzene rings is 11. The van der Waals surface area contributed by atoms with Crippen LogP contribution < -0.4 is 9.80 Å². The average Bonchev–Trinajstić information content (AvgIpc) is 3.90. The Kier molecular flexibility index (Phi) is 12.5. The van der Waals surface area contributed by atoms with Crippen LogP contribution in [0.4, 0.5) is 60.5 Å². The van der Waals surface area contributed by atoms with Crippen LogP contribution >= 0.6 is 0 Å². The van der Waals surface area contributed by atoms with Crippen molar-refractivity contribution in [2.45, 2.75) is 12.4 Å². The molecule has 0 bridgehead atoms. The van der Waals surface area contributed by atoms with Crippen LogP contribution in [-0.4, -0.2) is 4.57 Å². The Morgan fingerprint density at radius 1 is 0.247 bits per heavy atom. The highest BCUT2D eigenvalue weighted by molar-refractivity contribution is 6.11. The number of alkyl halides is 6. The Labute approximate surface area is 441 Å². The lowest BCUT2D eigenvalue weighted by atomic mass is 9.96. The molecule has 12 aromatic rings. The average molecular weight is 1020 g/mol. The van der Waals surface area contributed by atoms with Gasteiger partial charge in [-0.05, 0) is 166 Å². The minimum atomic E-state index is -5.17. The highest BCUT2D eigenvalue weighted by Gasteiger charge is 2.43. The van der Waals surface area contributed by atoms with Crippen LogP contribution in [-0.2, 0) is 12.4 Å². The smallest absolute Gasteiger partial charge is 0.311 e. The number of para-hydroxylation sites is 4. The number of hydrogen-bond donors (Lipinski definition) is 0. The van der Waals surface area contributed by atoms with E-state index < -0.39 is 23.5 Å². The molecule has 3 nitrogen and oxygen atoms in total. The summed E-state index contributed by atoms with van der Waals surface area (Å²) in [5.41, 5.74) is 12.2. The van der Waals surface area contributed by atoms with Crippen molar-refractivity contribution >= 4 is 55.9 Å². The molecule has 9 heteroatoms. The van der Waals surface area contributed by atoms with Gasteiger partial charge in [-0.15, -0.1) is 0 Å². The lowest BCUT2D eigenvalue weighted by Crippen LogP contribution is -2.16. The van der Waals surface area contributed by atoms with Gasteiger partial charge in [0.15, 0.2) is 0 Å². The Morgan fingerprint density at radius 2 is 0.519 bits per heavy atom. The zero-order valence-corrected chi connectivity index (χ0v) is 41.1. The molecule has 11 aromatic carbocycles. The summed E-state index contributed by atoms with van der Waals surface area (Å²) in [6, 6.07) is 88.8. The summed E-state index contributed by atoms with van der Waals surface area (Å²) < 4.78 is 84.2. The summed E-state index contributed by atoms with van der Waals surface area (Å²) in [4.78, 5) is 4.49. The molecule has 0 atom stereocenters. The molecule has 0 N–H and O–H groups in total. The molecule has 0 radical (unpaired) electrons. The molecule has 0 amide bonds. The standard InChI is InChI=1S/C68H45F6N3/c69-67(70,71)63-40-31-53(45-64(63)68(72,73)74)48-23-21-46(22-24-48)47-25-38-60(39-26-47)77-65-41-32-51(49-27-34-58(35-28-49)75(54-13-5-1-6-14-54)55-15-7-2-8-16-55)43-61(65)62-44-52(33-42-66(62)77)50-29-36-59(37-30-50)76(56-17-9-3-10-18-56)57-19-11-4-12-20-57/h1-45H. The van der Waals surface area contributed by atoms with Gasteiger partial charge in [0, 0.05) is 50.6 Å². The molecule has 374 valence electrons. The van der Waals surface area contributed by atoms with Crippen molar-refractivity contribution in [2.24, 2.45) is 0 Å². The van der Waals surface area contributed by atoms with Crippen LogP contribution in [0.1, 0.15) is 11.1 Å². The lowest BCUT2D eigenvalue weighted by molar-refractivity contribution is -0.162. The predicted octanol–water partition coefficient (Wildman–Crippen LogP) is 20.4. The van der Waals surface area contributed by atoms with Crippen LogP contribution in [0.15, 0.2) is 273 Å². The van der Waals surface area contributed by atoms with Gasteiger partial charge in [0.1, 0.15) is 0 Å². The minimum absolute atomic E-state index is 0.0365. The Bertz CT molecular complexity index is 3750. The van der Waals surface area contributed by atoms with Gasteiger partial charge in [-0.25, -0.2) is 0 Å². The summed E-state index contributed by atoms with van der Waals surface area (Å²) in [6.45, 7) is 0. The summed E-state index contributed by atoms with van der Waals surface area (Å²) in [5.74, 6) is 0. The maximum atomic E-state index is 13.8. The van der Waals surface area contributed by atoms with Crippen molar-refractivity contribution in [3.63, 3.8) is 0 Å². The van der Waals surface area contributed by atoms with E-state index in [9.17, 15) is 26.3 Å². The molecule has 0 saturated heterocycles. The van der Waals surface area contributed by atoms with Crippen molar-refractivity contribution < 1.29 is 26.3 Å². The first-order valence-corrected chi connectivity index (χ1v) is 25.0. The van der Waals surface area contributed by atoms with Crippen molar-refractivity contribution in [3.05, 3.63) is 284 Å². The topological polar surface area (TPSA) is 11.4 Å². The predicted molar refractivity (Wildman–Crippen MR) is 302 cm³/mol. The number of aromatic nitrogens is 1. The Hall–Kier alpha value is -9.60. The van der Waals surface area contributed by atoms with Crippen LogP contribution in [0, 0.1) is 0 Å². The Morgan fingerprint density at radius 3 is 0.870 bits per heavy atom. The van der Waals surface area contributed by atoms with Gasteiger partial charge in [0.05, 0.1) is 22.2 Å². The molecule has 0 fully saturated rings. The number of fused-ring (bicyclic) bond motifs is 3. The third kappa shape index (κ3) is 9.60. The monoisotopic (exact) mass is 1020 g/mol. The second-order valence-corrected chi connectivity index (χ2v) is 18.8. The van der Waals surface area contributed by atoms with Gasteiger partial charge in [-0.3, -0.25) is 0 Å². The molecule has 77 heavy (non-hydrogen) atoms. The van der Waals surface area contributed by atoms with Gasteiger partial charge in [-0.1, -0.05) is 152 Å². The lowest BCUT2D eigenvalue weighted by Gasteiger charge is -2.25. The van der Waals surface area contributed by atoms with Crippen LogP contribution in [0.5, 0.6) is 0 Å². The zero-order valence-electron chi connectivity index (χ0n) is 41.1. The number of rotatable bonds is 11. The largest absolute Gasteiger partial charge is 0.417 e. The Balaban J connectivity index is 0.915. The summed E-state index contributed by atoms with van der Waals surface area (Å²) in [7, 11) is 0. The summed E-state index contributed by atoms with van der Waals surface area (Å²) >= 11 is 0. The first-order chi connectivity index (χ1) is 37.4. The molecule has 1 aromatic heterocycles. The van der Waals surface area contributed by atoms with Crippen LogP contribution in [0.2, 0.25) is 0 Å². The number of nitrogens with zero attached hydrogens (tertiary/aromatic N) is 3. The van der Waals surface area contributed by atoms with Gasteiger partial charge in [-0.2, -0.15) is 26.3 Å². The molecule has 0 saturated carbocycles. The SMILES string of the molecule is FC(F)(F)c1ccc(-c2ccc(-c3ccc(-n4c5ccc(-c6ccc(N(c7ccccc7)c7ccccc7)cc6)cc5c5cc(-c6ccc(N(c7ccccc7)c7ccccc7)cc6)ccc54)cc3)cc2)cc1C(F)(F)F. The molecule has 0 aliphatic heterocycles. The van der Waals surface area contributed by atoms with E-state index >= 15 is 0 Å². The normalized spacial score (nSPS) is 11.8. The molecule has 12 rings (SSSR count). The third-order valence-electron chi connectivity index (χ3n) is 14.0. The van der Waals surface area contributed by atoms with E-state index in [1.807, 2.05) is 97.1 Å². The van der Waals surface area contributed by atoms with Gasteiger partial charge in [0.2, 0.25) is 0 Å². The van der Waals surface area contributed by atoms with E-state index in [1.54, 1.807) is 24.3 Å². The molecule has 0 spiro atoms. The van der Waals surface area contributed by atoms with E-state index in [-0.39, 0.29) is 5.56 Å². The molecule has 0 aliphatic carbocycles. The molecule has 1 heterocycles. The van der Waals surface area contributed by atoms with Crippen molar-refractivity contribution in [3.8, 4) is 50.2 Å². The fraction of sp³-hybridized carbons (Fsp3) is 0.0294. The zero-order chi connectivity index (χ0) is 52.7. The quantitative estimate of drug-likeness (QED) is 0.120. The molecular weight excluding hydrogens is 973 g/mol. The van der Waals surface area contributed by atoms with E-state index in [0.717, 1.165) is 101 Å². The van der Waals surface area contributed by atoms with E-state index in [4.69, 9.17) is 0 Å². The number of anilines is 6. The van der Waals surface area contributed by atoms with Crippen molar-refractivity contribution in [2.75, 3.05) is 9.80 Å². The van der Waals surface area contributed by atoms with Gasteiger partial charge in [0.25, 0.3) is 0 Å². The second kappa shape index (κ2) is 19.9. The first kappa shape index (κ1) is 48.3. The first-order valence-electron chi connectivity index (χ1n) is 25.0. The van der Waals surface area contributed by atoms with Gasteiger partial charge < -0.3 is 14.4 Å². The van der Waals surface area contributed by atoms with E-state index in [2.05, 4.69) is 148 Å². The highest BCUT2D eigenvalue weighted by Crippen LogP contribution is 2.44. The molecular formula is C68H45F6N3. The second-order valence-electron chi connectivity index (χ2n) is 18.8. The fourth-order valence-electron chi connectivity index (χ4n) is 10.3. The molecule has 0 aliphatic rings. The van der Waals surface area contributed by atoms with Gasteiger partial charge >= 0.3 is 12.4 Å². The van der Waals surface area contributed by atoms with E-state index in [1.165, 1.54) is 0 Å². The fourth-order valence-corrected chi connectivity index (χ4v) is 10.3. The minimum Gasteiger partial charge on any atom is -0.311 e. The van der Waals surface area contributed by atoms with E-state index in [0.29, 0.717) is 17.7 Å². The summed E-state index contributed by atoms with van der Waals surface area (Å²) in [6.07, 6.45) is -10.3. The maximum absolute atomic E-state index is 13.8. The number of halogens is 6. The van der Waals surface area contributed by atoms with Crippen LogP contribution in [0.25, 0.3) is 72.0 Å². The third-order valence-corrected chi connectivity index (χ3v) is 14.0. The van der Waals surface area contributed by atoms with Crippen LogP contribution in [0.3, 0.4) is 0 Å². The maximum Gasteiger partial charge on any atom is 0.417 e. The molecule has 0 unspecified atom stereocenters. The summed E-state index contributed by atoms with van der Waals surface area (Å²) in [5, 5.41) is 2.15. The van der Waals surface area contributed by atoms with Crippen molar-refractivity contribution in [1.82, 2.24) is 4.57 Å². The highest BCUT2D eigenvalue weighted by atomic mass is 19.4. The number of hydrogen-bond acceptors (Lipinski definition) is 2.